The number of nitrogens with zero attached hydrogens (tertiary/aromatic N) is 2. The highest BCUT2D eigenvalue weighted by Gasteiger charge is 2.14. The van der Waals surface area contributed by atoms with E-state index in [1.807, 2.05) is 25.1 Å². The van der Waals surface area contributed by atoms with Crippen molar-refractivity contribution in [3.8, 4) is 11.4 Å². The summed E-state index contributed by atoms with van der Waals surface area (Å²) in [6, 6.07) is 14.2. The fourth-order valence-corrected chi connectivity index (χ4v) is 2.81. The second kappa shape index (κ2) is 8.39. The van der Waals surface area contributed by atoms with E-state index in [0.29, 0.717) is 16.9 Å². The first-order valence-corrected chi connectivity index (χ1v) is 8.68. The summed E-state index contributed by atoms with van der Waals surface area (Å²) in [4.78, 5) is 24.3. The molecule has 0 unspecified atom stereocenters. The number of methoxy groups -OCH3 is 2. The molecule has 28 heavy (non-hydrogen) atoms. The zero-order chi connectivity index (χ0) is 20.1. The van der Waals surface area contributed by atoms with Crippen LogP contribution in [0, 0.1) is 6.92 Å². The zero-order valence-corrected chi connectivity index (χ0v) is 15.9. The van der Waals surface area contributed by atoms with Gasteiger partial charge in [0.2, 0.25) is 0 Å². The maximum absolute atomic E-state index is 12.4. The molecule has 2 aromatic carbocycles. The Hall–Kier alpha value is -3.61. The van der Waals surface area contributed by atoms with Crippen LogP contribution in [-0.4, -0.2) is 35.9 Å². The second-order valence-corrected chi connectivity index (χ2v) is 6.14. The summed E-state index contributed by atoms with van der Waals surface area (Å²) in [5.74, 6) is -0.278. The first-order valence-electron chi connectivity index (χ1n) is 8.68. The number of carbonyl (C=O) groups excluding carboxylic acids is 2. The third-order valence-electron chi connectivity index (χ3n) is 4.33. The maximum Gasteiger partial charge on any atom is 0.341 e. The molecule has 0 saturated carbocycles. The molecular formula is C21H21N3O4. The fraction of sp³-hybridized carbons (Fsp3) is 0.190. The topological polar surface area (TPSA) is 82.5 Å². The Morgan fingerprint density at radius 3 is 2.43 bits per heavy atom. The molecule has 0 atom stereocenters. The standard InChI is InChI=1S/C21H21N3O4/c1-14-10-11-23-24(14)17-7-5-16(6-8-17)20(25)22-13-15-4-9-19(27-2)18(12-15)21(26)28-3/h4-12H,13H2,1-3H3,(H,22,25). The minimum absolute atomic E-state index is 0.209. The fourth-order valence-electron chi connectivity index (χ4n) is 2.81. The van der Waals surface area contributed by atoms with Gasteiger partial charge in [0.15, 0.2) is 0 Å². The number of hydrogen-bond acceptors (Lipinski definition) is 5. The van der Waals surface area contributed by atoms with Crippen LogP contribution in [0.25, 0.3) is 5.69 Å². The number of ether oxygens (including phenoxy) is 2. The first-order chi connectivity index (χ1) is 13.5. The smallest absolute Gasteiger partial charge is 0.341 e. The minimum atomic E-state index is -0.491. The number of rotatable bonds is 6. The summed E-state index contributed by atoms with van der Waals surface area (Å²) in [5, 5.41) is 7.10. The van der Waals surface area contributed by atoms with Crippen molar-refractivity contribution in [2.45, 2.75) is 13.5 Å². The summed E-state index contributed by atoms with van der Waals surface area (Å²) in [5.41, 5.74) is 3.51. The largest absolute Gasteiger partial charge is 0.496 e. The lowest BCUT2D eigenvalue weighted by molar-refractivity contribution is 0.0597. The molecule has 0 radical (unpaired) electrons. The zero-order valence-electron chi connectivity index (χ0n) is 15.9. The minimum Gasteiger partial charge on any atom is -0.496 e. The highest BCUT2D eigenvalue weighted by atomic mass is 16.5. The van der Waals surface area contributed by atoms with Gasteiger partial charge in [-0.2, -0.15) is 5.10 Å². The molecule has 0 spiro atoms. The van der Waals surface area contributed by atoms with Gasteiger partial charge in [0, 0.05) is 24.0 Å². The summed E-state index contributed by atoms with van der Waals surface area (Å²) < 4.78 is 11.7. The molecular weight excluding hydrogens is 358 g/mol. The van der Waals surface area contributed by atoms with E-state index in [2.05, 4.69) is 10.4 Å². The van der Waals surface area contributed by atoms with Gasteiger partial charge >= 0.3 is 5.97 Å². The lowest BCUT2D eigenvalue weighted by Gasteiger charge is -2.10. The molecule has 1 aromatic heterocycles. The summed E-state index contributed by atoms with van der Waals surface area (Å²) in [6.07, 6.45) is 1.73. The number of amides is 1. The average Bonchev–Trinajstić information content (AvgIpc) is 3.17. The van der Waals surface area contributed by atoms with Gasteiger partial charge in [-0.3, -0.25) is 4.79 Å². The van der Waals surface area contributed by atoms with Crippen LogP contribution in [0.15, 0.2) is 54.7 Å². The van der Waals surface area contributed by atoms with Gasteiger partial charge in [0.1, 0.15) is 11.3 Å². The monoisotopic (exact) mass is 379 g/mol. The van der Waals surface area contributed by atoms with Crippen molar-refractivity contribution in [3.63, 3.8) is 0 Å². The molecule has 1 amide bonds. The number of aromatic nitrogens is 2. The van der Waals surface area contributed by atoms with Gasteiger partial charge in [-0.1, -0.05) is 6.07 Å². The molecule has 3 rings (SSSR count). The van der Waals surface area contributed by atoms with E-state index in [1.165, 1.54) is 14.2 Å². The molecule has 0 saturated heterocycles. The highest BCUT2D eigenvalue weighted by Crippen LogP contribution is 2.21. The normalized spacial score (nSPS) is 10.4. The van der Waals surface area contributed by atoms with Gasteiger partial charge in [0.05, 0.1) is 19.9 Å². The number of hydrogen-bond donors (Lipinski definition) is 1. The van der Waals surface area contributed by atoms with E-state index < -0.39 is 5.97 Å². The summed E-state index contributed by atoms with van der Waals surface area (Å²) in [7, 11) is 2.79. The Bertz CT molecular complexity index is 993. The lowest BCUT2D eigenvalue weighted by atomic mass is 10.1. The molecule has 0 aliphatic rings. The van der Waals surface area contributed by atoms with Crippen molar-refractivity contribution in [1.82, 2.24) is 15.1 Å². The number of carbonyl (C=O) groups is 2. The van der Waals surface area contributed by atoms with Crippen LogP contribution < -0.4 is 10.1 Å². The molecule has 0 aliphatic carbocycles. The third kappa shape index (κ3) is 4.03. The molecule has 3 aromatic rings. The third-order valence-corrected chi connectivity index (χ3v) is 4.33. The van der Waals surface area contributed by atoms with Crippen LogP contribution >= 0.6 is 0 Å². The van der Waals surface area contributed by atoms with Crippen LogP contribution in [0.1, 0.15) is 32.0 Å². The molecule has 0 fully saturated rings. The van der Waals surface area contributed by atoms with Crippen LogP contribution in [0.4, 0.5) is 0 Å². The summed E-state index contributed by atoms with van der Waals surface area (Å²) in [6.45, 7) is 2.23. The van der Waals surface area contributed by atoms with Crippen LogP contribution in [-0.2, 0) is 11.3 Å². The van der Waals surface area contributed by atoms with Crippen LogP contribution in [0.2, 0.25) is 0 Å². The average molecular weight is 379 g/mol. The molecule has 7 nitrogen and oxygen atoms in total. The molecule has 0 bridgehead atoms. The Balaban J connectivity index is 1.69. The van der Waals surface area contributed by atoms with Crippen molar-refractivity contribution in [3.05, 3.63) is 77.1 Å². The van der Waals surface area contributed by atoms with Crippen LogP contribution in [0.3, 0.4) is 0 Å². The molecule has 1 heterocycles. The highest BCUT2D eigenvalue weighted by molar-refractivity contribution is 5.94. The predicted molar refractivity (Wildman–Crippen MR) is 104 cm³/mol. The second-order valence-electron chi connectivity index (χ2n) is 6.14. The molecule has 7 heteroatoms. The van der Waals surface area contributed by atoms with Gasteiger partial charge in [-0.25, -0.2) is 9.48 Å². The number of benzene rings is 2. The van der Waals surface area contributed by atoms with E-state index in [0.717, 1.165) is 16.9 Å². The Morgan fingerprint density at radius 1 is 1.07 bits per heavy atom. The number of esters is 1. The van der Waals surface area contributed by atoms with Crippen LogP contribution in [0.5, 0.6) is 5.75 Å². The maximum atomic E-state index is 12.4. The molecule has 1 N–H and O–H groups in total. The molecule has 0 aliphatic heterocycles. The van der Waals surface area contributed by atoms with Crippen molar-refractivity contribution in [2.75, 3.05) is 14.2 Å². The Morgan fingerprint density at radius 2 is 1.82 bits per heavy atom. The van der Waals surface area contributed by atoms with Gasteiger partial charge in [-0.15, -0.1) is 0 Å². The van der Waals surface area contributed by atoms with Crippen molar-refractivity contribution in [2.24, 2.45) is 0 Å². The van der Waals surface area contributed by atoms with E-state index in [4.69, 9.17) is 9.47 Å². The Labute approximate surface area is 162 Å². The number of nitrogens with one attached hydrogen (secondary N) is 1. The first kappa shape index (κ1) is 19.2. The van der Waals surface area contributed by atoms with Gasteiger partial charge in [-0.05, 0) is 55.0 Å². The van der Waals surface area contributed by atoms with Gasteiger partial charge < -0.3 is 14.8 Å². The van der Waals surface area contributed by atoms with Crippen molar-refractivity contribution in [1.29, 1.82) is 0 Å². The van der Waals surface area contributed by atoms with E-state index >= 15 is 0 Å². The lowest BCUT2D eigenvalue weighted by Crippen LogP contribution is -2.23. The van der Waals surface area contributed by atoms with E-state index in [1.54, 1.807) is 41.2 Å². The quantitative estimate of drug-likeness (QED) is 0.666. The number of aryl methyl sites for hydroxylation is 1. The SMILES string of the molecule is COC(=O)c1cc(CNC(=O)c2ccc(-n3nccc3C)cc2)ccc1OC. The van der Waals surface area contributed by atoms with E-state index in [9.17, 15) is 9.59 Å². The van der Waals surface area contributed by atoms with Gasteiger partial charge in [0.25, 0.3) is 5.91 Å². The van der Waals surface area contributed by atoms with Crippen molar-refractivity contribution >= 4 is 11.9 Å². The van der Waals surface area contributed by atoms with Crippen molar-refractivity contribution < 1.29 is 19.1 Å². The molecule has 144 valence electrons. The Kier molecular flexibility index (Phi) is 5.74. The predicted octanol–water partition coefficient (Wildman–Crippen LogP) is 2.91. The summed E-state index contributed by atoms with van der Waals surface area (Å²) >= 11 is 0. The van der Waals surface area contributed by atoms with E-state index in [-0.39, 0.29) is 12.5 Å².